The second-order valence-corrected chi connectivity index (χ2v) is 5.36. The van der Waals surface area contributed by atoms with Gasteiger partial charge in [0.15, 0.2) is 11.5 Å². The molecule has 98 valence electrons. The Balaban J connectivity index is 2.03. The number of alkyl halides is 1. The molecule has 0 radical (unpaired) electrons. The first kappa shape index (κ1) is 13.2. The summed E-state index contributed by atoms with van der Waals surface area (Å²) in [7, 11) is 1.80. The quantitative estimate of drug-likeness (QED) is 0.802. The van der Waals surface area contributed by atoms with Crippen LogP contribution in [0.1, 0.15) is 18.9 Å². The van der Waals surface area contributed by atoms with Crippen molar-refractivity contribution in [2.75, 3.05) is 13.8 Å². The number of amides is 1. The highest BCUT2D eigenvalue weighted by Crippen LogP contribution is 2.32. The van der Waals surface area contributed by atoms with Crippen molar-refractivity contribution < 1.29 is 14.3 Å². The minimum absolute atomic E-state index is 0.0927. The van der Waals surface area contributed by atoms with Crippen molar-refractivity contribution in [3.05, 3.63) is 23.8 Å². The summed E-state index contributed by atoms with van der Waals surface area (Å²) in [6.45, 7) is 2.82. The van der Waals surface area contributed by atoms with Gasteiger partial charge in [0.2, 0.25) is 12.7 Å². The summed E-state index contributed by atoms with van der Waals surface area (Å²) in [5, 5.41) is 0. The van der Waals surface area contributed by atoms with Crippen LogP contribution in [0, 0.1) is 0 Å². The molecule has 0 saturated carbocycles. The molecule has 0 aromatic heterocycles. The first-order chi connectivity index (χ1) is 8.61. The summed E-state index contributed by atoms with van der Waals surface area (Å²) in [6, 6.07) is 5.75. The highest BCUT2D eigenvalue weighted by atomic mass is 79.9. The standard InChI is InChI=1S/C13H16BrNO3/c1-3-10(14)13(16)15(2)7-9-4-5-11-12(6-9)18-8-17-11/h4-6,10H,3,7-8H2,1-2H3. The van der Waals surface area contributed by atoms with Gasteiger partial charge in [0, 0.05) is 13.6 Å². The monoisotopic (exact) mass is 313 g/mol. The fourth-order valence-electron chi connectivity index (χ4n) is 1.80. The fourth-order valence-corrected chi connectivity index (χ4v) is 2.15. The zero-order chi connectivity index (χ0) is 13.1. The molecule has 0 fully saturated rings. The average Bonchev–Trinajstić information content (AvgIpc) is 2.84. The van der Waals surface area contributed by atoms with E-state index in [4.69, 9.17) is 9.47 Å². The summed E-state index contributed by atoms with van der Waals surface area (Å²) in [5.41, 5.74) is 1.03. The third kappa shape index (κ3) is 2.77. The van der Waals surface area contributed by atoms with Crippen LogP contribution < -0.4 is 9.47 Å². The van der Waals surface area contributed by atoms with Crippen LogP contribution in [-0.4, -0.2) is 29.5 Å². The summed E-state index contributed by atoms with van der Waals surface area (Å²) >= 11 is 3.37. The molecule has 18 heavy (non-hydrogen) atoms. The molecule has 1 aliphatic heterocycles. The second kappa shape index (κ2) is 5.61. The Morgan fingerprint density at radius 2 is 2.17 bits per heavy atom. The maximum absolute atomic E-state index is 11.9. The lowest BCUT2D eigenvalue weighted by atomic mass is 10.2. The summed E-state index contributed by atoms with van der Waals surface area (Å²) < 4.78 is 10.6. The molecule has 0 N–H and O–H groups in total. The van der Waals surface area contributed by atoms with E-state index in [1.165, 1.54) is 0 Å². The number of ether oxygens (including phenoxy) is 2. The van der Waals surface area contributed by atoms with Gasteiger partial charge >= 0.3 is 0 Å². The van der Waals surface area contributed by atoms with Crippen molar-refractivity contribution in [1.82, 2.24) is 4.90 Å². The van der Waals surface area contributed by atoms with Gasteiger partial charge in [0.25, 0.3) is 0 Å². The Morgan fingerprint density at radius 1 is 1.44 bits per heavy atom. The largest absolute Gasteiger partial charge is 0.454 e. The molecule has 1 aliphatic rings. The second-order valence-electron chi connectivity index (χ2n) is 4.26. The van der Waals surface area contributed by atoms with E-state index in [1.807, 2.05) is 25.1 Å². The molecule has 1 aromatic carbocycles. The summed E-state index contributed by atoms with van der Waals surface area (Å²) in [4.78, 5) is 13.5. The highest BCUT2D eigenvalue weighted by molar-refractivity contribution is 9.10. The van der Waals surface area contributed by atoms with Gasteiger partial charge in [0.1, 0.15) is 0 Å². The number of carbonyl (C=O) groups is 1. The lowest BCUT2D eigenvalue weighted by Crippen LogP contribution is -2.32. The Bertz CT molecular complexity index is 450. The molecule has 1 unspecified atom stereocenters. The Labute approximate surface area is 115 Å². The Morgan fingerprint density at radius 3 is 2.89 bits per heavy atom. The number of hydrogen-bond donors (Lipinski definition) is 0. The van der Waals surface area contributed by atoms with Crippen LogP contribution >= 0.6 is 15.9 Å². The van der Waals surface area contributed by atoms with Crippen LogP contribution in [0.25, 0.3) is 0 Å². The van der Waals surface area contributed by atoms with Gasteiger partial charge in [-0.05, 0) is 24.1 Å². The molecule has 0 aliphatic carbocycles. The van der Waals surface area contributed by atoms with E-state index >= 15 is 0 Å². The van der Waals surface area contributed by atoms with E-state index in [0.29, 0.717) is 6.54 Å². The van der Waals surface area contributed by atoms with Gasteiger partial charge in [-0.15, -0.1) is 0 Å². The normalized spacial score (nSPS) is 14.4. The maximum atomic E-state index is 11.9. The van der Waals surface area contributed by atoms with Crippen molar-refractivity contribution in [3.63, 3.8) is 0 Å². The number of hydrogen-bond acceptors (Lipinski definition) is 3. The molecule has 0 spiro atoms. The summed E-state index contributed by atoms with van der Waals surface area (Å²) in [5.74, 6) is 1.61. The zero-order valence-corrected chi connectivity index (χ0v) is 12.1. The van der Waals surface area contributed by atoms with Crippen LogP contribution in [0.4, 0.5) is 0 Å². The minimum atomic E-state index is -0.114. The van der Waals surface area contributed by atoms with Crippen molar-refractivity contribution in [3.8, 4) is 11.5 Å². The first-order valence-electron chi connectivity index (χ1n) is 5.89. The van der Waals surface area contributed by atoms with E-state index in [2.05, 4.69) is 15.9 Å². The van der Waals surface area contributed by atoms with E-state index in [-0.39, 0.29) is 17.5 Å². The van der Waals surface area contributed by atoms with E-state index in [9.17, 15) is 4.79 Å². The predicted octanol–water partition coefficient (Wildman–Crippen LogP) is 2.55. The topological polar surface area (TPSA) is 38.8 Å². The van der Waals surface area contributed by atoms with Gasteiger partial charge in [-0.1, -0.05) is 28.9 Å². The van der Waals surface area contributed by atoms with Crippen molar-refractivity contribution in [2.24, 2.45) is 0 Å². The summed E-state index contributed by atoms with van der Waals surface area (Å²) in [6.07, 6.45) is 0.782. The smallest absolute Gasteiger partial charge is 0.236 e. The average molecular weight is 314 g/mol. The lowest BCUT2D eigenvalue weighted by Gasteiger charge is -2.20. The lowest BCUT2D eigenvalue weighted by molar-refractivity contribution is -0.129. The first-order valence-corrected chi connectivity index (χ1v) is 6.81. The third-order valence-corrected chi connectivity index (χ3v) is 3.90. The maximum Gasteiger partial charge on any atom is 0.236 e. The molecule has 2 rings (SSSR count). The Kier molecular flexibility index (Phi) is 4.11. The molecule has 5 heteroatoms. The molecule has 1 heterocycles. The molecule has 0 saturated heterocycles. The van der Waals surface area contributed by atoms with Gasteiger partial charge in [0.05, 0.1) is 4.83 Å². The molecule has 4 nitrogen and oxygen atoms in total. The minimum Gasteiger partial charge on any atom is -0.454 e. The number of nitrogens with zero attached hydrogens (tertiary/aromatic N) is 1. The molecule has 1 atom stereocenters. The van der Waals surface area contributed by atoms with Crippen molar-refractivity contribution in [1.29, 1.82) is 0 Å². The van der Waals surface area contributed by atoms with E-state index in [1.54, 1.807) is 11.9 Å². The molecular weight excluding hydrogens is 298 g/mol. The van der Waals surface area contributed by atoms with Gasteiger partial charge in [-0.25, -0.2) is 0 Å². The van der Waals surface area contributed by atoms with E-state index < -0.39 is 0 Å². The molecule has 0 bridgehead atoms. The Hall–Kier alpha value is -1.23. The predicted molar refractivity (Wildman–Crippen MR) is 72.0 cm³/mol. The fraction of sp³-hybridized carbons (Fsp3) is 0.462. The van der Waals surface area contributed by atoms with Crippen LogP contribution in [-0.2, 0) is 11.3 Å². The SMILES string of the molecule is CCC(Br)C(=O)N(C)Cc1ccc2c(c1)OCO2. The molecule has 1 amide bonds. The van der Waals surface area contributed by atoms with Crippen LogP contribution in [0.15, 0.2) is 18.2 Å². The van der Waals surface area contributed by atoms with Gasteiger partial charge < -0.3 is 14.4 Å². The van der Waals surface area contributed by atoms with Crippen molar-refractivity contribution >= 4 is 21.8 Å². The van der Waals surface area contributed by atoms with Gasteiger partial charge in [-0.2, -0.15) is 0 Å². The molecule has 1 aromatic rings. The number of rotatable bonds is 4. The number of halogens is 1. The zero-order valence-electron chi connectivity index (χ0n) is 10.5. The molecular formula is C13H16BrNO3. The highest BCUT2D eigenvalue weighted by Gasteiger charge is 2.19. The number of carbonyl (C=O) groups excluding carboxylic acids is 1. The van der Waals surface area contributed by atoms with Crippen LogP contribution in [0.3, 0.4) is 0 Å². The van der Waals surface area contributed by atoms with Crippen molar-refractivity contribution in [2.45, 2.75) is 24.7 Å². The van der Waals surface area contributed by atoms with Gasteiger partial charge in [-0.3, -0.25) is 4.79 Å². The van der Waals surface area contributed by atoms with Crippen LogP contribution in [0.2, 0.25) is 0 Å². The number of benzene rings is 1. The third-order valence-electron chi connectivity index (χ3n) is 2.86. The van der Waals surface area contributed by atoms with Crippen LogP contribution in [0.5, 0.6) is 11.5 Å². The van der Waals surface area contributed by atoms with E-state index in [0.717, 1.165) is 23.5 Å². The number of fused-ring (bicyclic) bond motifs is 1.